The molecule has 1 amide bonds. The summed E-state index contributed by atoms with van der Waals surface area (Å²) < 4.78 is 2.17. The Labute approximate surface area is 175 Å². The van der Waals surface area contributed by atoms with E-state index in [0.29, 0.717) is 12.0 Å². The summed E-state index contributed by atoms with van der Waals surface area (Å²) in [7, 11) is 0. The molecule has 1 N–H and O–H groups in total. The van der Waals surface area contributed by atoms with Gasteiger partial charge in [0.15, 0.2) is 11.0 Å². The second-order valence-electron chi connectivity index (χ2n) is 7.63. The number of carbonyl (C=O) groups is 1. The fourth-order valence-corrected chi connectivity index (χ4v) is 4.20. The van der Waals surface area contributed by atoms with Crippen LogP contribution >= 0.6 is 11.8 Å². The molecule has 0 saturated heterocycles. The third kappa shape index (κ3) is 4.34. The van der Waals surface area contributed by atoms with Gasteiger partial charge in [-0.15, -0.1) is 10.2 Å². The lowest BCUT2D eigenvalue weighted by Gasteiger charge is -2.16. The number of aromatic nitrogens is 4. The Morgan fingerprint density at radius 1 is 1.10 bits per heavy atom. The van der Waals surface area contributed by atoms with E-state index < -0.39 is 0 Å². The van der Waals surface area contributed by atoms with Crippen LogP contribution in [0.4, 0.5) is 5.69 Å². The van der Waals surface area contributed by atoms with Gasteiger partial charge in [0.1, 0.15) is 0 Å². The number of hydrogen-bond donors (Lipinski definition) is 1. The first-order chi connectivity index (χ1) is 14.0. The van der Waals surface area contributed by atoms with Gasteiger partial charge in [0, 0.05) is 29.7 Å². The Morgan fingerprint density at radius 2 is 1.83 bits per heavy atom. The van der Waals surface area contributed by atoms with E-state index in [1.54, 1.807) is 12.4 Å². The minimum absolute atomic E-state index is 0.0288. The maximum atomic E-state index is 12.9. The highest BCUT2D eigenvalue weighted by Crippen LogP contribution is 2.41. The van der Waals surface area contributed by atoms with Crippen LogP contribution in [-0.4, -0.2) is 30.9 Å². The van der Waals surface area contributed by atoms with E-state index in [-0.39, 0.29) is 11.2 Å². The largest absolute Gasteiger partial charge is 0.325 e. The van der Waals surface area contributed by atoms with E-state index in [4.69, 9.17) is 0 Å². The third-order valence-corrected chi connectivity index (χ3v) is 6.06. The molecule has 2 heterocycles. The van der Waals surface area contributed by atoms with Gasteiger partial charge in [-0.05, 0) is 49.4 Å². The van der Waals surface area contributed by atoms with E-state index in [9.17, 15) is 4.79 Å². The van der Waals surface area contributed by atoms with Crippen LogP contribution in [0.2, 0.25) is 0 Å². The molecule has 6 nitrogen and oxygen atoms in total. The van der Waals surface area contributed by atoms with Gasteiger partial charge in [-0.3, -0.25) is 14.3 Å². The van der Waals surface area contributed by atoms with Crippen LogP contribution in [0.5, 0.6) is 0 Å². The standard InChI is InChI=1S/C22H25N5OS/c1-14(2)18-6-4-5-7-19(18)24-21(28)15(3)29-22-26-25-20(27(22)17-8-9-17)16-10-12-23-13-11-16/h4-7,10-15,17H,8-9H2,1-3H3,(H,24,28)/t15-/m0/s1. The molecule has 0 aliphatic heterocycles. The number of nitrogens with zero attached hydrogens (tertiary/aromatic N) is 4. The molecule has 1 aliphatic rings. The number of thioether (sulfide) groups is 1. The fourth-order valence-electron chi connectivity index (χ4n) is 3.28. The number of benzene rings is 1. The molecule has 1 fully saturated rings. The highest BCUT2D eigenvalue weighted by Gasteiger charge is 2.31. The zero-order valence-electron chi connectivity index (χ0n) is 16.9. The average Bonchev–Trinajstić information content (AvgIpc) is 3.48. The first-order valence-corrected chi connectivity index (χ1v) is 10.8. The lowest BCUT2D eigenvalue weighted by molar-refractivity contribution is -0.115. The topological polar surface area (TPSA) is 72.7 Å². The fraction of sp³-hybridized carbons (Fsp3) is 0.364. The monoisotopic (exact) mass is 407 g/mol. The molecule has 7 heteroatoms. The summed E-state index contributed by atoms with van der Waals surface area (Å²) in [5, 5.41) is 12.4. The maximum absolute atomic E-state index is 12.9. The highest BCUT2D eigenvalue weighted by molar-refractivity contribution is 8.00. The molecule has 3 aromatic rings. The molecule has 0 unspecified atom stereocenters. The predicted octanol–water partition coefficient (Wildman–Crippen LogP) is 4.92. The van der Waals surface area contributed by atoms with Crippen LogP contribution < -0.4 is 5.32 Å². The summed E-state index contributed by atoms with van der Waals surface area (Å²) in [6.45, 7) is 6.17. The molecule has 0 spiro atoms. The molecule has 2 aromatic heterocycles. The number of anilines is 1. The van der Waals surface area contributed by atoms with Crippen LogP contribution in [0.3, 0.4) is 0 Å². The van der Waals surface area contributed by atoms with E-state index in [2.05, 4.69) is 45.0 Å². The highest BCUT2D eigenvalue weighted by atomic mass is 32.2. The number of pyridine rings is 1. The number of para-hydroxylation sites is 1. The number of nitrogens with one attached hydrogen (secondary N) is 1. The lowest BCUT2D eigenvalue weighted by Crippen LogP contribution is -2.23. The van der Waals surface area contributed by atoms with Crippen LogP contribution in [0.15, 0.2) is 53.9 Å². The summed E-state index contributed by atoms with van der Waals surface area (Å²) in [5.74, 6) is 1.16. The third-order valence-electron chi connectivity index (χ3n) is 5.01. The van der Waals surface area contributed by atoms with Crippen molar-refractivity contribution in [3.63, 3.8) is 0 Å². The van der Waals surface area contributed by atoms with Gasteiger partial charge in [-0.1, -0.05) is 43.8 Å². The lowest BCUT2D eigenvalue weighted by atomic mass is 10.0. The molecule has 1 aliphatic carbocycles. The summed E-state index contributed by atoms with van der Waals surface area (Å²) in [6.07, 6.45) is 5.75. The quantitative estimate of drug-likeness (QED) is 0.563. The van der Waals surface area contributed by atoms with Gasteiger partial charge in [0.05, 0.1) is 5.25 Å². The Bertz CT molecular complexity index is 997. The van der Waals surface area contributed by atoms with Crippen molar-refractivity contribution in [3.8, 4) is 11.4 Å². The summed E-state index contributed by atoms with van der Waals surface area (Å²) in [6, 6.07) is 12.3. The van der Waals surface area contributed by atoms with Gasteiger partial charge in [-0.25, -0.2) is 0 Å². The van der Waals surface area contributed by atoms with E-state index >= 15 is 0 Å². The maximum Gasteiger partial charge on any atom is 0.237 e. The zero-order valence-corrected chi connectivity index (χ0v) is 17.7. The number of hydrogen-bond acceptors (Lipinski definition) is 5. The van der Waals surface area contributed by atoms with E-state index in [1.165, 1.54) is 11.8 Å². The Balaban J connectivity index is 1.52. The second-order valence-corrected chi connectivity index (χ2v) is 8.94. The van der Waals surface area contributed by atoms with Gasteiger partial charge < -0.3 is 5.32 Å². The number of amides is 1. The molecular formula is C22H25N5OS. The van der Waals surface area contributed by atoms with Crippen LogP contribution in [-0.2, 0) is 4.79 Å². The van der Waals surface area contributed by atoms with Crippen LogP contribution in [0, 0.1) is 0 Å². The molecule has 29 heavy (non-hydrogen) atoms. The van der Waals surface area contributed by atoms with E-state index in [1.807, 2.05) is 37.3 Å². The Morgan fingerprint density at radius 3 is 2.52 bits per heavy atom. The van der Waals surface area contributed by atoms with Gasteiger partial charge >= 0.3 is 0 Å². The summed E-state index contributed by atoms with van der Waals surface area (Å²) in [4.78, 5) is 17.0. The van der Waals surface area contributed by atoms with Crippen molar-refractivity contribution in [2.24, 2.45) is 0 Å². The first kappa shape index (κ1) is 19.6. The predicted molar refractivity (Wildman–Crippen MR) is 116 cm³/mol. The van der Waals surface area contributed by atoms with Gasteiger partial charge in [0.25, 0.3) is 0 Å². The molecule has 1 aromatic carbocycles. The number of rotatable bonds is 7. The molecule has 1 saturated carbocycles. The molecule has 150 valence electrons. The molecule has 0 radical (unpaired) electrons. The van der Waals surface area contributed by atoms with Crippen LogP contribution in [0.1, 0.15) is 51.1 Å². The van der Waals surface area contributed by atoms with Gasteiger partial charge in [-0.2, -0.15) is 0 Å². The van der Waals surface area contributed by atoms with Crippen molar-refractivity contribution >= 4 is 23.4 Å². The number of carbonyl (C=O) groups excluding carboxylic acids is 1. The molecular weight excluding hydrogens is 382 g/mol. The Kier molecular flexibility index (Phi) is 5.67. The van der Waals surface area contributed by atoms with Crippen LogP contribution in [0.25, 0.3) is 11.4 Å². The van der Waals surface area contributed by atoms with Crippen molar-refractivity contribution in [3.05, 3.63) is 54.4 Å². The van der Waals surface area contributed by atoms with Crippen molar-refractivity contribution in [2.75, 3.05) is 5.32 Å². The normalized spacial score (nSPS) is 14.8. The summed E-state index contributed by atoms with van der Waals surface area (Å²) in [5.41, 5.74) is 3.01. The first-order valence-electron chi connectivity index (χ1n) is 9.96. The Hall–Kier alpha value is -2.67. The zero-order chi connectivity index (χ0) is 20.4. The minimum Gasteiger partial charge on any atom is -0.325 e. The average molecular weight is 408 g/mol. The molecule has 1 atom stereocenters. The SMILES string of the molecule is CC(C)c1ccccc1NC(=O)[C@H](C)Sc1nnc(-c2ccncc2)n1C1CC1. The minimum atomic E-state index is -0.290. The second kappa shape index (κ2) is 8.37. The molecule has 4 rings (SSSR count). The van der Waals surface area contributed by atoms with Gasteiger partial charge in [0.2, 0.25) is 5.91 Å². The van der Waals surface area contributed by atoms with Crippen molar-refractivity contribution in [1.82, 2.24) is 19.7 Å². The van der Waals surface area contributed by atoms with Crippen molar-refractivity contribution < 1.29 is 4.79 Å². The summed E-state index contributed by atoms with van der Waals surface area (Å²) >= 11 is 1.46. The smallest absolute Gasteiger partial charge is 0.237 e. The molecule has 0 bridgehead atoms. The van der Waals surface area contributed by atoms with Crippen molar-refractivity contribution in [1.29, 1.82) is 0 Å². The van der Waals surface area contributed by atoms with E-state index in [0.717, 1.165) is 40.6 Å². The van der Waals surface area contributed by atoms with Crippen molar-refractivity contribution in [2.45, 2.75) is 56.0 Å².